The minimum absolute atomic E-state index is 0.249. The van der Waals surface area contributed by atoms with Gasteiger partial charge in [0.2, 0.25) is 5.96 Å². The van der Waals surface area contributed by atoms with E-state index in [9.17, 15) is 13.4 Å². The fourth-order valence-electron chi connectivity index (χ4n) is 2.66. The summed E-state index contributed by atoms with van der Waals surface area (Å²) in [5, 5.41) is 12.9. The predicted molar refractivity (Wildman–Crippen MR) is 121 cm³/mol. The van der Waals surface area contributed by atoms with Gasteiger partial charge in [-0.3, -0.25) is 24.4 Å². The predicted octanol–water partition coefficient (Wildman–Crippen LogP) is 3.81. The molecule has 31 heavy (non-hydrogen) atoms. The molecule has 1 amide bonds. The molecule has 1 atom stereocenters. The van der Waals surface area contributed by atoms with Crippen LogP contribution >= 0.6 is 0 Å². The van der Waals surface area contributed by atoms with Crippen molar-refractivity contribution in [3.05, 3.63) is 66.0 Å². The smallest absolute Gasteiger partial charge is 0.257 e. The van der Waals surface area contributed by atoms with Crippen molar-refractivity contribution in [1.29, 1.82) is 0 Å². The second-order valence-corrected chi connectivity index (χ2v) is 8.70. The van der Waals surface area contributed by atoms with Gasteiger partial charge in [-0.05, 0) is 53.9 Å². The molecule has 0 aliphatic carbocycles. The quantitative estimate of drug-likeness (QED) is 0.400. The highest BCUT2D eigenvalue weighted by Gasteiger charge is 2.13. The summed E-state index contributed by atoms with van der Waals surface area (Å²) in [7, 11) is -1.19. The number of nitrogens with one attached hydrogen (secondary N) is 3. The van der Waals surface area contributed by atoms with E-state index in [4.69, 9.17) is 0 Å². The molecule has 1 heterocycles. The molecular formula is C22H24FN5O2S. The Morgan fingerprint density at radius 1 is 1.19 bits per heavy atom. The highest BCUT2D eigenvalue weighted by atomic mass is 32.2. The Kier molecular flexibility index (Phi) is 7.30. The number of carbonyl (C=O) groups excluding carboxylic acids is 1. The first kappa shape index (κ1) is 22.4. The summed E-state index contributed by atoms with van der Waals surface area (Å²) < 4.78 is 24.9. The lowest BCUT2D eigenvalue weighted by molar-refractivity contribution is 0.0976. The number of rotatable bonds is 6. The Labute approximate surface area is 182 Å². The molecule has 0 fully saturated rings. The third kappa shape index (κ3) is 6.32. The Morgan fingerprint density at radius 3 is 2.61 bits per heavy atom. The molecule has 1 unspecified atom stereocenters. The van der Waals surface area contributed by atoms with Gasteiger partial charge in [0.1, 0.15) is 5.82 Å². The van der Waals surface area contributed by atoms with Crippen LogP contribution in [0.2, 0.25) is 0 Å². The van der Waals surface area contributed by atoms with Crippen molar-refractivity contribution in [2.75, 3.05) is 18.1 Å². The van der Waals surface area contributed by atoms with Gasteiger partial charge < -0.3 is 5.32 Å². The third-order valence-corrected chi connectivity index (χ3v) is 5.17. The van der Waals surface area contributed by atoms with E-state index in [1.54, 1.807) is 48.7 Å². The van der Waals surface area contributed by atoms with Gasteiger partial charge in [0, 0.05) is 40.1 Å². The number of hydrogen-bond donors (Lipinski definition) is 3. The minimum atomic E-state index is -1.19. The van der Waals surface area contributed by atoms with E-state index in [1.165, 1.54) is 12.1 Å². The molecule has 0 radical (unpaired) electrons. The normalized spacial score (nSPS) is 12.6. The van der Waals surface area contributed by atoms with Crippen LogP contribution in [0.1, 0.15) is 24.2 Å². The molecule has 0 bridgehead atoms. The maximum atomic E-state index is 13.1. The Morgan fingerprint density at radius 2 is 1.94 bits per heavy atom. The molecule has 2 aromatic carbocycles. The highest BCUT2D eigenvalue weighted by Crippen LogP contribution is 2.20. The summed E-state index contributed by atoms with van der Waals surface area (Å²) in [6.45, 7) is 4.53. The van der Waals surface area contributed by atoms with Crippen LogP contribution in [0, 0.1) is 11.7 Å². The lowest BCUT2D eigenvalue weighted by Crippen LogP contribution is -2.36. The number of H-pyrrole nitrogens is 1. The van der Waals surface area contributed by atoms with Gasteiger partial charge in [-0.15, -0.1) is 0 Å². The van der Waals surface area contributed by atoms with E-state index >= 15 is 0 Å². The molecule has 162 valence electrons. The molecule has 0 saturated heterocycles. The van der Waals surface area contributed by atoms with E-state index < -0.39 is 10.8 Å². The number of carbonyl (C=O) groups is 1. The Hall–Kier alpha value is -3.33. The fraction of sp³-hybridized carbons (Fsp3) is 0.227. The van der Waals surface area contributed by atoms with Gasteiger partial charge >= 0.3 is 0 Å². The third-order valence-electron chi connectivity index (χ3n) is 4.25. The molecule has 3 N–H and O–H groups in total. The van der Waals surface area contributed by atoms with Crippen molar-refractivity contribution in [3.63, 3.8) is 0 Å². The van der Waals surface area contributed by atoms with Crippen LogP contribution in [0.4, 0.5) is 10.2 Å². The highest BCUT2D eigenvalue weighted by molar-refractivity contribution is 7.84. The first-order valence-corrected chi connectivity index (χ1v) is 11.3. The summed E-state index contributed by atoms with van der Waals surface area (Å²) >= 11 is 0. The van der Waals surface area contributed by atoms with E-state index in [1.807, 2.05) is 13.8 Å². The average molecular weight is 442 g/mol. The van der Waals surface area contributed by atoms with Crippen molar-refractivity contribution in [2.24, 2.45) is 10.9 Å². The monoisotopic (exact) mass is 441 g/mol. The summed E-state index contributed by atoms with van der Waals surface area (Å²) in [6, 6.07) is 14.4. The molecule has 0 saturated carbocycles. The van der Waals surface area contributed by atoms with Crippen molar-refractivity contribution < 1.29 is 13.4 Å². The maximum Gasteiger partial charge on any atom is 0.257 e. The van der Waals surface area contributed by atoms with Gasteiger partial charge in [0.05, 0.1) is 5.69 Å². The standard InChI is InChI=1S/C22H24FN5O2S/c1-14(2)13-24-22(26-21(29)16-5-4-6-18(11-16)31(3)30)25-20-12-19(27-28-20)15-7-9-17(23)10-8-15/h4-12,14H,13H2,1-3H3,(H3,24,25,26,27,28,29). The molecule has 0 aliphatic rings. The minimum Gasteiger partial charge on any atom is -0.309 e. The van der Waals surface area contributed by atoms with Gasteiger partial charge in [-0.2, -0.15) is 5.10 Å². The number of hydrogen-bond acceptors (Lipinski definition) is 4. The van der Waals surface area contributed by atoms with Gasteiger partial charge in [-0.1, -0.05) is 19.9 Å². The molecule has 3 rings (SSSR count). The van der Waals surface area contributed by atoms with Crippen LogP contribution in [0.5, 0.6) is 0 Å². The summed E-state index contributed by atoms with van der Waals surface area (Å²) in [6.07, 6.45) is 1.56. The number of guanidine groups is 1. The van der Waals surface area contributed by atoms with Crippen molar-refractivity contribution in [1.82, 2.24) is 15.5 Å². The maximum absolute atomic E-state index is 13.1. The van der Waals surface area contributed by atoms with Crippen LogP contribution in [-0.4, -0.2) is 39.1 Å². The molecule has 1 aromatic heterocycles. The molecular weight excluding hydrogens is 417 g/mol. The Balaban J connectivity index is 1.78. The van der Waals surface area contributed by atoms with Crippen LogP contribution in [-0.2, 0) is 10.8 Å². The number of nitrogens with zero attached hydrogens (tertiary/aromatic N) is 2. The molecule has 0 aliphatic heterocycles. The zero-order valence-corrected chi connectivity index (χ0v) is 18.3. The number of halogens is 1. The van der Waals surface area contributed by atoms with E-state index in [2.05, 4.69) is 25.8 Å². The lowest BCUT2D eigenvalue weighted by atomic mass is 10.1. The van der Waals surface area contributed by atoms with Crippen molar-refractivity contribution in [3.8, 4) is 11.3 Å². The van der Waals surface area contributed by atoms with Crippen LogP contribution < -0.4 is 10.6 Å². The number of benzene rings is 2. The zero-order chi connectivity index (χ0) is 22.4. The summed E-state index contributed by atoms with van der Waals surface area (Å²) in [5.41, 5.74) is 1.84. The van der Waals surface area contributed by atoms with Crippen molar-refractivity contribution >= 4 is 28.5 Å². The zero-order valence-electron chi connectivity index (χ0n) is 17.5. The van der Waals surface area contributed by atoms with E-state index in [0.29, 0.717) is 28.5 Å². The largest absolute Gasteiger partial charge is 0.309 e. The second kappa shape index (κ2) is 10.1. The molecule has 9 heteroatoms. The van der Waals surface area contributed by atoms with Crippen LogP contribution in [0.25, 0.3) is 11.3 Å². The lowest BCUT2D eigenvalue weighted by Gasteiger charge is -2.11. The summed E-state index contributed by atoms with van der Waals surface area (Å²) in [4.78, 5) is 17.7. The number of anilines is 1. The summed E-state index contributed by atoms with van der Waals surface area (Å²) in [5.74, 6) is 0.290. The number of aromatic nitrogens is 2. The average Bonchev–Trinajstić information content (AvgIpc) is 3.21. The van der Waals surface area contributed by atoms with Gasteiger partial charge in [0.15, 0.2) is 5.82 Å². The van der Waals surface area contributed by atoms with E-state index in [-0.39, 0.29) is 23.6 Å². The first-order chi connectivity index (χ1) is 14.8. The number of amides is 1. The van der Waals surface area contributed by atoms with E-state index in [0.717, 1.165) is 5.56 Å². The molecule has 7 nitrogen and oxygen atoms in total. The van der Waals surface area contributed by atoms with Crippen LogP contribution in [0.15, 0.2) is 64.5 Å². The topological polar surface area (TPSA) is 99.2 Å². The second-order valence-electron chi connectivity index (χ2n) is 7.32. The van der Waals surface area contributed by atoms with Crippen LogP contribution in [0.3, 0.4) is 0 Å². The van der Waals surface area contributed by atoms with Gasteiger partial charge in [-0.25, -0.2) is 4.39 Å². The van der Waals surface area contributed by atoms with Crippen molar-refractivity contribution in [2.45, 2.75) is 18.7 Å². The fourth-order valence-corrected chi connectivity index (χ4v) is 3.23. The SMILES string of the molecule is CC(C)CN=C(NC(=O)c1cccc(S(C)=O)c1)Nc1cc(-c2ccc(F)cc2)[nH]n1. The first-order valence-electron chi connectivity index (χ1n) is 9.69. The number of aliphatic imine (C=N–C) groups is 1. The molecule has 0 spiro atoms. The number of aromatic amines is 1. The van der Waals surface area contributed by atoms with Gasteiger partial charge in [0.25, 0.3) is 5.91 Å². The Bertz CT molecular complexity index is 1110. The molecule has 3 aromatic rings.